The third-order valence-corrected chi connectivity index (χ3v) is 5.38. The molecule has 0 amide bonds. The first-order valence-corrected chi connectivity index (χ1v) is 11.0. The highest BCUT2D eigenvalue weighted by Gasteiger charge is 2.09. The molecule has 1 nitrogen and oxygen atoms in total. The molecule has 1 atom stereocenters. The van der Waals surface area contributed by atoms with Gasteiger partial charge in [-0.2, -0.15) is 0 Å². The van der Waals surface area contributed by atoms with Crippen molar-refractivity contribution in [1.29, 1.82) is 0 Å². The normalized spacial score (nSPS) is 12.6. The van der Waals surface area contributed by atoms with Gasteiger partial charge in [-0.1, -0.05) is 115 Å². The molecule has 1 aromatic carbocycles. The van der Waals surface area contributed by atoms with E-state index in [2.05, 4.69) is 56.1 Å². The van der Waals surface area contributed by atoms with Crippen molar-refractivity contribution in [3.8, 4) is 0 Å². The predicted octanol–water partition coefficient (Wildman–Crippen LogP) is 7.46. The van der Waals surface area contributed by atoms with Crippen LogP contribution in [0.3, 0.4) is 0 Å². The molecule has 0 aliphatic heterocycles. The number of hydrogen-bond acceptors (Lipinski definition) is 1. The SMILES string of the molecule is CCCCCCC(CCCCC)CCCCN(C)Cc1ccccc1. The Bertz CT molecular complexity index is 386. The van der Waals surface area contributed by atoms with Gasteiger partial charge >= 0.3 is 0 Å². The molecule has 1 rings (SSSR count). The Hall–Kier alpha value is -0.820. The topological polar surface area (TPSA) is 3.24 Å². The van der Waals surface area contributed by atoms with Gasteiger partial charge in [0.25, 0.3) is 0 Å². The van der Waals surface area contributed by atoms with Gasteiger partial charge < -0.3 is 4.90 Å². The average molecular weight is 346 g/mol. The summed E-state index contributed by atoms with van der Waals surface area (Å²) in [6, 6.07) is 10.8. The summed E-state index contributed by atoms with van der Waals surface area (Å²) < 4.78 is 0. The van der Waals surface area contributed by atoms with Crippen molar-refractivity contribution in [2.75, 3.05) is 13.6 Å². The Kier molecular flexibility index (Phi) is 13.7. The molecule has 0 aromatic heterocycles. The average Bonchev–Trinajstić information content (AvgIpc) is 2.62. The molecule has 144 valence electrons. The summed E-state index contributed by atoms with van der Waals surface area (Å²) in [7, 11) is 2.26. The maximum absolute atomic E-state index is 2.47. The zero-order chi connectivity index (χ0) is 18.2. The van der Waals surface area contributed by atoms with Crippen LogP contribution in [0.5, 0.6) is 0 Å². The van der Waals surface area contributed by atoms with E-state index in [1.54, 1.807) is 0 Å². The summed E-state index contributed by atoms with van der Waals surface area (Å²) in [4.78, 5) is 2.47. The van der Waals surface area contributed by atoms with Gasteiger partial charge in [-0.05, 0) is 31.5 Å². The summed E-state index contributed by atoms with van der Waals surface area (Å²) in [6.07, 6.45) is 17.1. The zero-order valence-electron chi connectivity index (χ0n) is 17.3. The first-order chi connectivity index (χ1) is 12.3. The Balaban J connectivity index is 2.17. The Morgan fingerprint density at radius 1 is 0.720 bits per heavy atom. The molecule has 1 aromatic rings. The fourth-order valence-corrected chi connectivity index (χ4v) is 3.76. The number of hydrogen-bond donors (Lipinski definition) is 0. The fraction of sp³-hybridized carbons (Fsp3) is 0.750. The minimum absolute atomic E-state index is 0.989. The highest BCUT2D eigenvalue weighted by molar-refractivity contribution is 5.14. The molecule has 0 aliphatic rings. The van der Waals surface area contributed by atoms with Crippen LogP contribution in [0.15, 0.2) is 30.3 Å². The van der Waals surface area contributed by atoms with Gasteiger partial charge in [-0.25, -0.2) is 0 Å². The predicted molar refractivity (Wildman–Crippen MR) is 113 cm³/mol. The van der Waals surface area contributed by atoms with Gasteiger partial charge in [0.1, 0.15) is 0 Å². The van der Waals surface area contributed by atoms with Crippen LogP contribution in [0, 0.1) is 5.92 Å². The van der Waals surface area contributed by atoms with E-state index in [1.165, 1.54) is 89.2 Å². The molecular weight excluding hydrogens is 302 g/mol. The van der Waals surface area contributed by atoms with Gasteiger partial charge in [-0.15, -0.1) is 0 Å². The van der Waals surface area contributed by atoms with E-state index < -0.39 is 0 Å². The van der Waals surface area contributed by atoms with Crippen LogP contribution in [0.25, 0.3) is 0 Å². The molecule has 0 N–H and O–H groups in total. The van der Waals surface area contributed by atoms with E-state index in [4.69, 9.17) is 0 Å². The lowest BCUT2D eigenvalue weighted by molar-refractivity contribution is 0.304. The molecule has 25 heavy (non-hydrogen) atoms. The second-order valence-electron chi connectivity index (χ2n) is 7.93. The van der Waals surface area contributed by atoms with Gasteiger partial charge in [0.15, 0.2) is 0 Å². The maximum atomic E-state index is 2.47. The minimum Gasteiger partial charge on any atom is -0.302 e. The molecule has 1 heteroatoms. The summed E-state index contributed by atoms with van der Waals surface area (Å²) in [6.45, 7) is 6.94. The van der Waals surface area contributed by atoms with Crippen LogP contribution >= 0.6 is 0 Å². The van der Waals surface area contributed by atoms with Crippen LogP contribution in [0.4, 0.5) is 0 Å². The highest BCUT2D eigenvalue weighted by Crippen LogP contribution is 2.23. The molecule has 0 spiro atoms. The van der Waals surface area contributed by atoms with E-state index in [1.807, 2.05) is 0 Å². The van der Waals surface area contributed by atoms with E-state index in [-0.39, 0.29) is 0 Å². The molecule has 0 heterocycles. The van der Waals surface area contributed by atoms with Gasteiger partial charge in [0.05, 0.1) is 0 Å². The maximum Gasteiger partial charge on any atom is 0.0230 e. The van der Waals surface area contributed by atoms with E-state index in [9.17, 15) is 0 Å². The van der Waals surface area contributed by atoms with E-state index >= 15 is 0 Å². The van der Waals surface area contributed by atoms with Crippen molar-refractivity contribution >= 4 is 0 Å². The van der Waals surface area contributed by atoms with Gasteiger partial charge in [-0.3, -0.25) is 0 Å². The lowest BCUT2D eigenvalue weighted by atomic mass is 9.90. The largest absolute Gasteiger partial charge is 0.302 e. The number of benzene rings is 1. The van der Waals surface area contributed by atoms with E-state index in [0.29, 0.717) is 0 Å². The van der Waals surface area contributed by atoms with Crippen LogP contribution in [-0.4, -0.2) is 18.5 Å². The summed E-state index contributed by atoms with van der Waals surface area (Å²) >= 11 is 0. The van der Waals surface area contributed by atoms with Crippen molar-refractivity contribution in [2.24, 2.45) is 5.92 Å². The Morgan fingerprint density at radius 3 is 1.92 bits per heavy atom. The lowest BCUT2D eigenvalue weighted by Gasteiger charge is -2.19. The number of rotatable bonds is 16. The third kappa shape index (κ3) is 12.2. The molecule has 0 saturated carbocycles. The molecule has 0 saturated heterocycles. The summed E-state index contributed by atoms with van der Waals surface area (Å²) in [5, 5.41) is 0. The molecule has 0 aliphatic carbocycles. The smallest absolute Gasteiger partial charge is 0.0230 e. The van der Waals surface area contributed by atoms with Crippen LogP contribution in [0.2, 0.25) is 0 Å². The Morgan fingerprint density at radius 2 is 1.28 bits per heavy atom. The second-order valence-corrected chi connectivity index (χ2v) is 7.93. The zero-order valence-corrected chi connectivity index (χ0v) is 17.3. The summed E-state index contributed by atoms with van der Waals surface area (Å²) in [5.74, 6) is 0.989. The van der Waals surface area contributed by atoms with Crippen LogP contribution < -0.4 is 0 Å². The van der Waals surface area contributed by atoms with Crippen molar-refractivity contribution in [3.63, 3.8) is 0 Å². The van der Waals surface area contributed by atoms with E-state index in [0.717, 1.165) is 12.5 Å². The Labute approximate surface area is 158 Å². The highest BCUT2D eigenvalue weighted by atomic mass is 15.1. The third-order valence-electron chi connectivity index (χ3n) is 5.38. The molecule has 0 fully saturated rings. The minimum atomic E-state index is 0.989. The fourth-order valence-electron chi connectivity index (χ4n) is 3.76. The quantitative estimate of drug-likeness (QED) is 0.281. The monoisotopic (exact) mass is 345 g/mol. The first-order valence-electron chi connectivity index (χ1n) is 11.0. The molecule has 0 radical (unpaired) electrons. The first kappa shape index (κ1) is 22.2. The molecular formula is C24H43N. The van der Waals surface area contributed by atoms with Gasteiger partial charge in [0, 0.05) is 6.54 Å². The van der Waals surface area contributed by atoms with Crippen LogP contribution in [-0.2, 0) is 6.54 Å². The van der Waals surface area contributed by atoms with Crippen molar-refractivity contribution in [3.05, 3.63) is 35.9 Å². The second kappa shape index (κ2) is 15.4. The van der Waals surface area contributed by atoms with Crippen molar-refractivity contribution < 1.29 is 0 Å². The number of unbranched alkanes of at least 4 members (excludes halogenated alkanes) is 6. The molecule has 0 bridgehead atoms. The lowest BCUT2D eigenvalue weighted by Crippen LogP contribution is -2.19. The van der Waals surface area contributed by atoms with Crippen molar-refractivity contribution in [1.82, 2.24) is 4.90 Å². The standard InChI is InChI=1S/C24H43N/c1-4-6-8-11-17-23(16-10-7-5-2)18-14-15-21-25(3)22-24-19-12-9-13-20-24/h9,12-13,19-20,23H,4-8,10-11,14-18,21-22H2,1-3H3. The summed E-state index contributed by atoms with van der Waals surface area (Å²) in [5.41, 5.74) is 1.43. The molecule has 1 unspecified atom stereocenters. The van der Waals surface area contributed by atoms with Gasteiger partial charge in [0.2, 0.25) is 0 Å². The van der Waals surface area contributed by atoms with Crippen LogP contribution in [0.1, 0.15) is 96.5 Å². The van der Waals surface area contributed by atoms with Crippen molar-refractivity contribution in [2.45, 2.75) is 97.4 Å². The number of nitrogens with zero attached hydrogens (tertiary/aromatic N) is 1.